The highest BCUT2D eigenvalue weighted by Crippen LogP contribution is 2.47. The molecule has 0 bridgehead atoms. The van der Waals surface area contributed by atoms with Crippen LogP contribution >= 0.6 is 11.6 Å². The molecule has 2 N–H and O–H groups in total. The Hall–Kier alpha value is -1.76. The van der Waals surface area contributed by atoms with Gasteiger partial charge >= 0.3 is 6.18 Å². The molecule has 0 radical (unpaired) electrons. The Morgan fingerprint density at radius 2 is 1.88 bits per heavy atom. The molecule has 132 valence electrons. The van der Waals surface area contributed by atoms with Crippen molar-refractivity contribution in [1.82, 2.24) is 5.32 Å². The molecule has 0 heterocycles. The van der Waals surface area contributed by atoms with Crippen molar-refractivity contribution in [2.75, 3.05) is 11.9 Å². The van der Waals surface area contributed by atoms with E-state index in [9.17, 15) is 22.8 Å². The summed E-state index contributed by atoms with van der Waals surface area (Å²) in [6, 6.07) is 3.09. The summed E-state index contributed by atoms with van der Waals surface area (Å²) in [4.78, 5) is 24.6. The van der Waals surface area contributed by atoms with Crippen molar-refractivity contribution in [2.45, 2.75) is 32.9 Å². The van der Waals surface area contributed by atoms with Crippen LogP contribution in [0.25, 0.3) is 0 Å². The van der Waals surface area contributed by atoms with Crippen LogP contribution in [0.15, 0.2) is 18.2 Å². The minimum absolute atomic E-state index is 0.0869. The van der Waals surface area contributed by atoms with E-state index in [0.29, 0.717) is 19.4 Å². The first kappa shape index (κ1) is 18.6. The van der Waals surface area contributed by atoms with Crippen LogP contribution in [-0.4, -0.2) is 18.4 Å². The molecule has 0 unspecified atom stereocenters. The summed E-state index contributed by atoms with van der Waals surface area (Å²) in [5.74, 6) is -0.964. The summed E-state index contributed by atoms with van der Waals surface area (Å²) < 4.78 is 39.2. The first-order valence-electron chi connectivity index (χ1n) is 7.53. The first-order valence-corrected chi connectivity index (χ1v) is 7.90. The highest BCUT2D eigenvalue weighted by atomic mass is 35.5. The summed E-state index contributed by atoms with van der Waals surface area (Å²) in [6.07, 6.45) is -4.03. The summed E-state index contributed by atoms with van der Waals surface area (Å²) in [7, 11) is 0. The summed E-state index contributed by atoms with van der Waals surface area (Å²) >= 11 is 5.61. The fraction of sp³-hybridized carbons (Fsp3) is 0.500. The molecule has 4 nitrogen and oxygen atoms in total. The molecule has 2 rings (SSSR count). The van der Waals surface area contributed by atoms with Crippen LogP contribution in [0.4, 0.5) is 18.9 Å². The zero-order valence-electron chi connectivity index (χ0n) is 13.3. The van der Waals surface area contributed by atoms with Crippen LogP contribution < -0.4 is 10.6 Å². The van der Waals surface area contributed by atoms with E-state index in [1.807, 2.05) is 13.8 Å². The predicted molar refractivity (Wildman–Crippen MR) is 84.6 cm³/mol. The van der Waals surface area contributed by atoms with Gasteiger partial charge in [-0.05, 0) is 37.0 Å². The molecule has 1 aliphatic carbocycles. The van der Waals surface area contributed by atoms with Crippen LogP contribution in [0.5, 0.6) is 0 Å². The van der Waals surface area contributed by atoms with E-state index >= 15 is 0 Å². The average molecular weight is 363 g/mol. The van der Waals surface area contributed by atoms with Gasteiger partial charge < -0.3 is 10.6 Å². The fourth-order valence-corrected chi connectivity index (χ4v) is 2.42. The van der Waals surface area contributed by atoms with Gasteiger partial charge in [0.05, 0.1) is 11.3 Å². The molecular weight excluding hydrogens is 345 g/mol. The number of alkyl halides is 3. The molecule has 2 amide bonds. The zero-order chi connectivity index (χ0) is 18.1. The number of hydrogen-bond acceptors (Lipinski definition) is 2. The number of amides is 2. The Balaban J connectivity index is 2.17. The molecule has 0 saturated heterocycles. The van der Waals surface area contributed by atoms with E-state index in [4.69, 9.17) is 11.6 Å². The molecule has 1 aliphatic rings. The normalized spacial score (nSPS) is 16.0. The summed E-state index contributed by atoms with van der Waals surface area (Å²) in [6.45, 7) is 4.22. The van der Waals surface area contributed by atoms with Crippen LogP contribution in [0.1, 0.15) is 32.3 Å². The van der Waals surface area contributed by atoms with Gasteiger partial charge in [0.2, 0.25) is 11.8 Å². The second-order valence-electron chi connectivity index (χ2n) is 6.33. The lowest BCUT2D eigenvalue weighted by atomic mass is 10.0. The van der Waals surface area contributed by atoms with Gasteiger partial charge in [-0.2, -0.15) is 13.2 Å². The third-order valence-electron chi connectivity index (χ3n) is 3.83. The van der Waals surface area contributed by atoms with Gasteiger partial charge in [-0.15, -0.1) is 0 Å². The van der Waals surface area contributed by atoms with Crippen molar-refractivity contribution in [3.63, 3.8) is 0 Å². The maximum Gasteiger partial charge on any atom is 0.418 e. The van der Waals surface area contributed by atoms with Crippen molar-refractivity contribution < 1.29 is 22.8 Å². The molecular formula is C16H18ClF3N2O2. The minimum atomic E-state index is -4.66. The summed E-state index contributed by atoms with van der Waals surface area (Å²) in [5, 5.41) is 4.81. The van der Waals surface area contributed by atoms with Crippen LogP contribution in [-0.2, 0) is 15.8 Å². The molecule has 1 aromatic rings. The molecule has 1 fully saturated rings. The first-order chi connectivity index (χ1) is 11.1. The lowest BCUT2D eigenvalue weighted by molar-refractivity contribution is -0.137. The third kappa shape index (κ3) is 4.01. The molecule has 24 heavy (non-hydrogen) atoms. The van der Waals surface area contributed by atoms with Gasteiger partial charge in [0.25, 0.3) is 0 Å². The number of nitrogens with one attached hydrogen (secondary N) is 2. The number of carbonyl (C=O) groups is 2. The Morgan fingerprint density at radius 1 is 1.25 bits per heavy atom. The molecule has 0 atom stereocenters. The second-order valence-corrected chi connectivity index (χ2v) is 6.76. The quantitative estimate of drug-likeness (QED) is 0.782. The Morgan fingerprint density at radius 3 is 2.38 bits per heavy atom. The smallest absolute Gasteiger partial charge is 0.355 e. The van der Waals surface area contributed by atoms with E-state index in [0.717, 1.165) is 12.1 Å². The van der Waals surface area contributed by atoms with Gasteiger partial charge in [0.15, 0.2) is 0 Å². The highest BCUT2D eigenvalue weighted by molar-refractivity contribution is 6.30. The molecule has 0 spiro atoms. The van der Waals surface area contributed by atoms with Crippen molar-refractivity contribution in [2.24, 2.45) is 11.3 Å². The minimum Gasteiger partial charge on any atom is -0.355 e. The van der Waals surface area contributed by atoms with Crippen molar-refractivity contribution in [1.29, 1.82) is 0 Å². The maximum atomic E-state index is 13.1. The molecule has 0 aromatic heterocycles. The number of rotatable bonds is 5. The topological polar surface area (TPSA) is 58.2 Å². The molecule has 1 saturated carbocycles. The third-order valence-corrected chi connectivity index (χ3v) is 4.06. The maximum absolute atomic E-state index is 13.1. The fourth-order valence-electron chi connectivity index (χ4n) is 2.25. The lowest BCUT2D eigenvalue weighted by Crippen LogP contribution is -2.41. The van der Waals surface area contributed by atoms with Crippen molar-refractivity contribution >= 4 is 29.1 Å². The second kappa shape index (κ2) is 6.63. The van der Waals surface area contributed by atoms with Gasteiger partial charge in [-0.3, -0.25) is 9.59 Å². The lowest BCUT2D eigenvalue weighted by Gasteiger charge is -2.19. The number of anilines is 1. The Kier molecular flexibility index (Phi) is 5.13. The standard InChI is InChI=1S/C16H18ClF3N2O2/c1-9(2)8-21-13(23)15(5-6-15)14(24)22-12-4-3-10(17)7-11(12)16(18,19)20/h3-4,7,9H,5-6,8H2,1-2H3,(H,21,23)(H,22,24). The van der Waals surface area contributed by atoms with Crippen LogP contribution in [0, 0.1) is 11.3 Å². The largest absolute Gasteiger partial charge is 0.418 e. The van der Waals surface area contributed by atoms with E-state index in [-0.39, 0.29) is 10.9 Å². The monoisotopic (exact) mass is 362 g/mol. The number of halogens is 4. The van der Waals surface area contributed by atoms with Crippen LogP contribution in [0.2, 0.25) is 5.02 Å². The Labute approximate surface area is 142 Å². The number of benzene rings is 1. The van der Waals surface area contributed by atoms with Gasteiger partial charge in [-0.1, -0.05) is 25.4 Å². The van der Waals surface area contributed by atoms with Crippen molar-refractivity contribution in [3.8, 4) is 0 Å². The average Bonchev–Trinajstić information content (AvgIpc) is 3.27. The SMILES string of the molecule is CC(C)CNC(=O)C1(C(=O)Nc2ccc(Cl)cc2C(F)(F)F)CC1. The Bertz CT molecular complexity index is 655. The predicted octanol–water partition coefficient (Wildman–Crippen LogP) is 3.85. The zero-order valence-corrected chi connectivity index (χ0v) is 14.0. The molecule has 1 aromatic carbocycles. The molecule has 8 heteroatoms. The van der Waals surface area contributed by atoms with E-state index in [1.165, 1.54) is 6.07 Å². The van der Waals surface area contributed by atoms with E-state index < -0.39 is 34.7 Å². The van der Waals surface area contributed by atoms with Gasteiger partial charge in [0, 0.05) is 11.6 Å². The van der Waals surface area contributed by atoms with Crippen LogP contribution in [0.3, 0.4) is 0 Å². The number of hydrogen-bond donors (Lipinski definition) is 2. The van der Waals surface area contributed by atoms with Gasteiger partial charge in [0.1, 0.15) is 5.41 Å². The summed E-state index contributed by atoms with van der Waals surface area (Å²) in [5.41, 5.74) is -2.72. The number of carbonyl (C=O) groups excluding carboxylic acids is 2. The molecule has 0 aliphatic heterocycles. The highest BCUT2D eigenvalue weighted by Gasteiger charge is 2.56. The van der Waals surface area contributed by atoms with E-state index in [1.54, 1.807) is 0 Å². The van der Waals surface area contributed by atoms with Crippen molar-refractivity contribution in [3.05, 3.63) is 28.8 Å². The van der Waals surface area contributed by atoms with Gasteiger partial charge in [-0.25, -0.2) is 0 Å². The van der Waals surface area contributed by atoms with E-state index in [2.05, 4.69) is 10.6 Å².